The average Bonchev–Trinajstić information content (AvgIpc) is 3.11. The van der Waals surface area contributed by atoms with E-state index in [0.29, 0.717) is 12.2 Å². The van der Waals surface area contributed by atoms with Crippen LogP contribution < -0.4 is 14.8 Å². The molecule has 94 valence electrons. The summed E-state index contributed by atoms with van der Waals surface area (Å²) in [6, 6.07) is 7.33. The Labute approximate surface area is 102 Å². The van der Waals surface area contributed by atoms with Crippen LogP contribution in [0.5, 0.6) is 0 Å². The van der Waals surface area contributed by atoms with Gasteiger partial charge in [0.15, 0.2) is 0 Å². The molecule has 0 unspecified atom stereocenters. The Kier molecular flexibility index (Phi) is 3.37. The van der Waals surface area contributed by atoms with Crippen LogP contribution in [0.4, 0.5) is 5.69 Å². The van der Waals surface area contributed by atoms with Gasteiger partial charge in [0, 0.05) is 19.6 Å². The molecule has 0 radical (unpaired) electrons. The van der Waals surface area contributed by atoms with Crippen molar-refractivity contribution in [3.8, 4) is 0 Å². The fourth-order valence-corrected chi connectivity index (χ4v) is 2.72. The van der Waals surface area contributed by atoms with Gasteiger partial charge < -0.3 is 5.73 Å². The summed E-state index contributed by atoms with van der Waals surface area (Å²) in [6.07, 6.45) is 1.85. The highest BCUT2D eigenvalue weighted by Crippen LogP contribution is 2.23. The summed E-state index contributed by atoms with van der Waals surface area (Å²) in [6.45, 7) is 0.401. The lowest BCUT2D eigenvalue weighted by molar-refractivity contribution is 0.579. The molecule has 5 nitrogen and oxygen atoms in total. The van der Waals surface area contributed by atoms with E-state index in [-0.39, 0.29) is 6.04 Å². The highest BCUT2D eigenvalue weighted by molar-refractivity contribution is 7.90. The summed E-state index contributed by atoms with van der Waals surface area (Å²) in [5.74, 6) is 0. The number of hydrogen-bond donors (Lipinski definition) is 2. The maximum atomic E-state index is 12.0. The molecule has 1 aliphatic carbocycles. The van der Waals surface area contributed by atoms with E-state index in [1.54, 1.807) is 25.2 Å². The summed E-state index contributed by atoms with van der Waals surface area (Å²) < 4.78 is 27.8. The summed E-state index contributed by atoms with van der Waals surface area (Å²) in [7, 11) is -1.89. The van der Waals surface area contributed by atoms with E-state index in [2.05, 4.69) is 4.72 Å². The molecule has 1 saturated carbocycles. The fraction of sp³-hybridized carbons (Fsp3) is 0.455. The number of nitrogens with zero attached hydrogens (tertiary/aromatic N) is 1. The molecule has 0 heterocycles. The van der Waals surface area contributed by atoms with E-state index in [4.69, 9.17) is 5.73 Å². The molecule has 0 saturated heterocycles. The summed E-state index contributed by atoms with van der Waals surface area (Å²) in [5.41, 5.74) is 7.07. The smallest absolute Gasteiger partial charge is 0.301 e. The van der Waals surface area contributed by atoms with Gasteiger partial charge in [0.1, 0.15) is 0 Å². The van der Waals surface area contributed by atoms with Gasteiger partial charge in [-0.1, -0.05) is 12.1 Å². The van der Waals surface area contributed by atoms with Gasteiger partial charge in [0.05, 0.1) is 5.69 Å². The van der Waals surface area contributed by atoms with Crippen LogP contribution in [0, 0.1) is 0 Å². The monoisotopic (exact) mass is 255 g/mol. The molecule has 2 rings (SSSR count). The van der Waals surface area contributed by atoms with Crippen LogP contribution in [0.3, 0.4) is 0 Å². The van der Waals surface area contributed by atoms with Crippen LogP contribution in [0.15, 0.2) is 24.3 Å². The predicted octanol–water partition coefficient (Wildman–Crippen LogP) is 0.578. The molecule has 0 aromatic heterocycles. The number of nitrogens with two attached hydrogens (primary N) is 1. The van der Waals surface area contributed by atoms with Crippen LogP contribution in [0.2, 0.25) is 0 Å². The standard InChI is InChI=1S/C11H17N3O2S/c1-14(17(15,16)13-10-5-6-10)11-4-2-3-9(7-11)8-12/h2-4,7,10,13H,5-6,8,12H2,1H3. The first-order valence-electron chi connectivity index (χ1n) is 5.58. The fourth-order valence-electron chi connectivity index (χ4n) is 1.51. The molecular weight excluding hydrogens is 238 g/mol. The maximum Gasteiger partial charge on any atom is 0.301 e. The minimum Gasteiger partial charge on any atom is -0.326 e. The molecule has 1 aliphatic rings. The second-order valence-corrected chi connectivity index (χ2v) is 5.97. The number of anilines is 1. The molecule has 6 heteroatoms. The van der Waals surface area contributed by atoms with Crippen molar-refractivity contribution >= 4 is 15.9 Å². The van der Waals surface area contributed by atoms with Gasteiger partial charge in [0.25, 0.3) is 0 Å². The molecule has 0 spiro atoms. The molecule has 0 aliphatic heterocycles. The summed E-state index contributed by atoms with van der Waals surface area (Å²) >= 11 is 0. The minimum absolute atomic E-state index is 0.111. The number of benzene rings is 1. The van der Waals surface area contributed by atoms with E-state index in [9.17, 15) is 8.42 Å². The number of rotatable bonds is 5. The van der Waals surface area contributed by atoms with Gasteiger partial charge >= 0.3 is 10.2 Å². The van der Waals surface area contributed by atoms with Crippen LogP contribution in [0.1, 0.15) is 18.4 Å². The Balaban J connectivity index is 2.19. The van der Waals surface area contributed by atoms with E-state index in [1.165, 1.54) is 4.31 Å². The van der Waals surface area contributed by atoms with Crippen molar-refractivity contribution in [1.82, 2.24) is 4.72 Å². The molecule has 1 aromatic carbocycles. The molecule has 3 N–H and O–H groups in total. The third-order valence-corrected chi connectivity index (χ3v) is 4.33. The molecular formula is C11H17N3O2S. The maximum absolute atomic E-state index is 12.0. The molecule has 17 heavy (non-hydrogen) atoms. The Hall–Kier alpha value is -1.11. The third-order valence-electron chi connectivity index (χ3n) is 2.76. The zero-order valence-electron chi connectivity index (χ0n) is 9.76. The zero-order chi connectivity index (χ0) is 12.5. The predicted molar refractivity (Wildman–Crippen MR) is 67.8 cm³/mol. The van der Waals surface area contributed by atoms with Crippen LogP contribution in [-0.2, 0) is 16.8 Å². The van der Waals surface area contributed by atoms with Gasteiger partial charge in [0.2, 0.25) is 0 Å². The first kappa shape index (κ1) is 12.3. The van der Waals surface area contributed by atoms with Gasteiger partial charge in [-0.3, -0.25) is 4.31 Å². The van der Waals surface area contributed by atoms with E-state index < -0.39 is 10.2 Å². The minimum atomic E-state index is -3.43. The molecule has 0 atom stereocenters. The topological polar surface area (TPSA) is 75.4 Å². The van der Waals surface area contributed by atoms with Crippen molar-refractivity contribution in [2.45, 2.75) is 25.4 Å². The molecule has 0 bridgehead atoms. The van der Waals surface area contributed by atoms with Crippen LogP contribution >= 0.6 is 0 Å². The second kappa shape index (κ2) is 4.64. The second-order valence-electron chi connectivity index (χ2n) is 4.24. The van der Waals surface area contributed by atoms with Crippen molar-refractivity contribution in [2.75, 3.05) is 11.4 Å². The largest absolute Gasteiger partial charge is 0.326 e. The SMILES string of the molecule is CN(c1cccc(CN)c1)S(=O)(=O)NC1CC1. The van der Waals surface area contributed by atoms with E-state index in [1.807, 2.05) is 6.07 Å². The Morgan fingerprint density at radius 2 is 2.18 bits per heavy atom. The van der Waals surface area contributed by atoms with Gasteiger partial charge in [-0.05, 0) is 30.5 Å². The van der Waals surface area contributed by atoms with E-state index >= 15 is 0 Å². The van der Waals surface area contributed by atoms with Gasteiger partial charge in [-0.15, -0.1) is 0 Å². The van der Waals surface area contributed by atoms with E-state index in [0.717, 1.165) is 18.4 Å². The molecule has 0 amide bonds. The van der Waals surface area contributed by atoms with Crippen LogP contribution in [0.25, 0.3) is 0 Å². The van der Waals surface area contributed by atoms with Gasteiger partial charge in [-0.2, -0.15) is 13.1 Å². The lowest BCUT2D eigenvalue weighted by Gasteiger charge is -2.20. The van der Waals surface area contributed by atoms with Crippen molar-refractivity contribution in [3.05, 3.63) is 29.8 Å². The van der Waals surface area contributed by atoms with Crippen molar-refractivity contribution in [3.63, 3.8) is 0 Å². The van der Waals surface area contributed by atoms with Crippen molar-refractivity contribution < 1.29 is 8.42 Å². The average molecular weight is 255 g/mol. The zero-order valence-corrected chi connectivity index (χ0v) is 10.6. The van der Waals surface area contributed by atoms with Gasteiger partial charge in [-0.25, -0.2) is 0 Å². The quantitative estimate of drug-likeness (QED) is 0.808. The van der Waals surface area contributed by atoms with Crippen molar-refractivity contribution in [1.29, 1.82) is 0 Å². The highest BCUT2D eigenvalue weighted by atomic mass is 32.2. The highest BCUT2D eigenvalue weighted by Gasteiger charge is 2.29. The Morgan fingerprint density at radius 3 is 2.76 bits per heavy atom. The van der Waals surface area contributed by atoms with Crippen LogP contribution in [-0.4, -0.2) is 21.5 Å². The first-order valence-corrected chi connectivity index (χ1v) is 7.02. The van der Waals surface area contributed by atoms with Crippen molar-refractivity contribution in [2.24, 2.45) is 5.73 Å². The Morgan fingerprint density at radius 1 is 1.47 bits per heavy atom. The normalized spacial score (nSPS) is 15.9. The number of hydrogen-bond acceptors (Lipinski definition) is 3. The molecule has 1 aromatic rings. The summed E-state index contributed by atoms with van der Waals surface area (Å²) in [5, 5.41) is 0. The molecule has 1 fully saturated rings. The third kappa shape index (κ3) is 2.96. The lowest BCUT2D eigenvalue weighted by atomic mass is 10.2. The first-order chi connectivity index (χ1) is 8.03. The lowest BCUT2D eigenvalue weighted by Crippen LogP contribution is -2.39. The number of nitrogens with one attached hydrogen (secondary N) is 1. The Bertz CT molecular complexity index is 497. The summed E-state index contributed by atoms with van der Waals surface area (Å²) in [4.78, 5) is 0.